The van der Waals surface area contributed by atoms with E-state index in [9.17, 15) is 0 Å². The summed E-state index contributed by atoms with van der Waals surface area (Å²) >= 11 is 1.81. The Hall–Kier alpha value is -0.450. The van der Waals surface area contributed by atoms with E-state index in [1.165, 1.54) is 9.88 Å². The van der Waals surface area contributed by atoms with Crippen molar-refractivity contribution in [3.05, 3.63) is 16.1 Å². The Kier molecular flexibility index (Phi) is 5.56. The van der Waals surface area contributed by atoms with Gasteiger partial charge in [-0.2, -0.15) is 0 Å². The Morgan fingerprint density at radius 3 is 2.59 bits per heavy atom. The minimum atomic E-state index is 0.196. The van der Waals surface area contributed by atoms with Gasteiger partial charge < -0.3 is 10.6 Å². The monoisotopic (exact) mass is 255 g/mol. The van der Waals surface area contributed by atoms with Gasteiger partial charge in [-0.15, -0.1) is 11.3 Å². The highest BCUT2D eigenvalue weighted by Gasteiger charge is 2.10. The third kappa shape index (κ3) is 5.61. The van der Waals surface area contributed by atoms with Crippen LogP contribution in [0.1, 0.15) is 50.5 Å². The van der Waals surface area contributed by atoms with Crippen molar-refractivity contribution in [1.82, 2.24) is 15.6 Å². The molecule has 0 spiro atoms. The fraction of sp³-hybridized carbons (Fsp3) is 0.769. The summed E-state index contributed by atoms with van der Waals surface area (Å²) in [5, 5.41) is 8.15. The number of hydrogen-bond donors (Lipinski definition) is 2. The van der Waals surface area contributed by atoms with Gasteiger partial charge in [0.1, 0.15) is 5.01 Å². The van der Waals surface area contributed by atoms with Gasteiger partial charge in [0.15, 0.2) is 0 Å². The average Bonchev–Trinajstić information content (AvgIpc) is 2.71. The molecular weight excluding hydrogens is 230 g/mol. The number of thiazole rings is 1. The molecular formula is C13H25N3S. The zero-order valence-corrected chi connectivity index (χ0v) is 12.4. The normalized spacial score (nSPS) is 13.9. The van der Waals surface area contributed by atoms with Gasteiger partial charge in [-0.3, -0.25) is 0 Å². The summed E-state index contributed by atoms with van der Waals surface area (Å²) in [7, 11) is 0. The molecule has 4 heteroatoms. The highest BCUT2D eigenvalue weighted by Crippen LogP contribution is 2.19. The third-order valence-corrected chi connectivity index (χ3v) is 3.85. The fourth-order valence-corrected chi connectivity index (χ4v) is 2.38. The van der Waals surface area contributed by atoms with Crippen LogP contribution in [0.3, 0.4) is 0 Å². The average molecular weight is 255 g/mol. The van der Waals surface area contributed by atoms with E-state index in [0.717, 1.165) is 19.5 Å². The van der Waals surface area contributed by atoms with Crippen LogP contribution in [0.2, 0.25) is 0 Å². The summed E-state index contributed by atoms with van der Waals surface area (Å²) < 4.78 is 0. The topological polar surface area (TPSA) is 37.0 Å². The van der Waals surface area contributed by atoms with Gasteiger partial charge in [0.05, 0.1) is 6.04 Å². The van der Waals surface area contributed by atoms with Crippen LogP contribution in [0.4, 0.5) is 0 Å². The first-order valence-corrected chi connectivity index (χ1v) is 7.17. The quantitative estimate of drug-likeness (QED) is 0.768. The van der Waals surface area contributed by atoms with Gasteiger partial charge in [-0.25, -0.2) is 4.98 Å². The predicted octanol–water partition coefficient (Wildman–Crippen LogP) is 2.74. The Morgan fingerprint density at radius 2 is 2.06 bits per heavy atom. The Labute approximate surface area is 109 Å². The van der Waals surface area contributed by atoms with Crippen LogP contribution in [-0.4, -0.2) is 23.6 Å². The molecule has 0 fully saturated rings. The predicted molar refractivity (Wildman–Crippen MR) is 75.7 cm³/mol. The van der Waals surface area contributed by atoms with E-state index in [0.29, 0.717) is 6.04 Å². The van der Waals surface area contributed by atoms with Crippen molar-refractivity contribution < 1.29 is 0 Å². The van der Waals surface area contributed by atoms with Crippen LogP contribution in [0.25, 0.3) is 0 Å². The first-order valence-electron chi connectivity index (χ1n) is 6.35. The molecule has 0 amide bonds. The standard InChI is InChI=1S/C13H25N3S/c1-6-11-9-15-12(17-11)10(2)14-7-8-16-13(3,4)5/h9-10,14,16H,6-8H2,1-5H3. The lowest BCUT2D eigenvalue weighted by Gasteiger charge is -2.21. The van der Waals surface area contributed by atoms with Gasteiger partial charge in [-0.1, -0.05) is 6.92 Å². The zero-order chi connectivity index (χ0) is 12.9. The molecule has 2 N–H and O–H groups in total. The van der Waals surface area contributed by atoms with Crippen LogP contribution in [-0.2, 0) is 6.42 Å². The van der Waals surface area contributed by atoms with E-state index in [-0.39, 0.29) is 5.54 Å². The van der Waals surface area contributed by atoms with E-state index in [2.05, 4.69) is 50.2 Å². The van der Waals surface area contributed by atoms with Crippen molar-refractivity contribution in [1.29, 1.82) is 0 Å². The van der Waals surface area contributed by atoms with Crippen molar-refractivity contribution in [3.8, 4) is 0 Å². The maximum Gasteiger partial charge on any atom is 0.109 e. The molecule has 0 saturated carbocycles. The molecule has 0 aliphatic heterocycles. The lowest BCUT2D eigenvalue weighted by Crippen LogP contribution is -2.40. The Bertz CT molecular complexity index is 328. The lowest BCUT2D eigenvalue weighted by molar-refractivity contribution is 0.414. The largest absolute Gasteiger partial charge is 0.311 e. The smallest absolute Gasteiger partial charge is 0.109 e. The van der Waals surface area contributed by atoms with Gasteiger partial charge >= 0.3 is 0 Å². The van der Waals surface area contributed by atoms with Crippen molar-refractivity contribution in [2.24, 2.45) is 0 Å². The minimum Gasteiger partial charge on any atom is -0.311 e. The second kappa shape index (κ2) is 6.47. The van der Waals surface area contributed by atoms with Gasteiger partial charge in [0.25, 0.3) is 0 Å². The molecule has 0 aromatic carbocycles. The molecule has 1 aromatic rings. The highest BCUT2D eigenvalue weighted by atomic mass is 32.1. The number of aromatic nitrogens is 1. The van der Waals surface area contributed by atoms with Crippen molar-refractivity contribution >= 4 is 11.3 Å². The molecule has 1 rings (SSSR count). The van der Waals surface area contributed by atoms with Crippen molar-refractivity contribution in [2.45, 2.75) is 52.6 Å². The second-order valence-corrected chi connectivity index (χ2v) is 6.52. The number of aryl methyl sites for hydroxylation is 1. The van der Waals surface area contributed by atoms with E-state index >= 15 is 0 Å². The van der Waals surface area contributed by atoms with E-state index < -0.39 is 0 Å². The van der Waals surface area contributed by atoms with Crippen LogP contribution in [0.15, 0.2) is 6.20 Å². The minimum absolute atomic E-state index is 0.196. The Balaban J connectivity index is 2.27. The summed E-state index contributed by atoms with van der Waals surface area (Å²) in [6, 6.07) is 0.349. The maximum atomic E-state index is 4.45. The van der Waals surface area contributed by atoms with E-state index in [4.69, 9.17) is 0 Å². The van der Waals surface area contributed by atoms with Crippen LogP contribution < -0.4 is 10.6 Å². The molecule has 98 valence electrons. The van der Waals surface area contributed by atoms with Crippen LogP contribution in [0.5, 0.6) is 0 Å². The van der Waals surface area contributed by atoms with Crippen LogP contribution >= 0.6 is 11.3 Å². The van der Waals surface area contributed by atoms with E-state index in [1.54, 1.807) is 0 Å². The molecule has 17 heavy (non-hydrogen) atoms. The third-order valence-electron chi connectivity index (χ3n) is 2.52. The summed E-state index contributed by atoms with van der Waals surface area (Å²) in [6.07, 6.45) is 3.07. The van der Waals surface area contributed by atoms with Crippen molar-refractivity contribution in [3.63, 3.8) is 0 Å². The van der Waals surface area contributed by atoms with Crippen LogP contribution in [0, 0.1) is 0 Å². The number of rotatable bonds is 6. The van der Waals surface area contributed by atoms with Gasteiger partial charge in [0, 0.05) is 29.7 Å². The maximum absolute atomic E-state index is 4.45. The molecule has 0 aliphatic rings. The fourth-order valence-electron chi connectivity index (χ4n) is 1.50. The van der Waals surface area contributed by atoms with Gasteiger partial charge in [-0.05, 0) is 34.1 Å². The molecule has 1 heterocycles. The molecule has 3 nitrogen and oxygen atoms in total. The van der Waals surface area contributed by atoms with E-state index in [1.807, 2.05) is 17.5 Å². The summed E-state index contributed by atoms with van der Waals surface area (Å²) in [6.45, 7) is 12.9. The summed E-state index contributed by atoms with van der Waals surface area (Å²) in [5.41, 5.74) is 0.196. The molecule has 0 bridgehead atoms. The number of hydrogen-bond acceptors (Lipinski definition) is 4. The second-order valence-electron chi connectivity index (χ2n) is 5.37. The van der Waals surface area contributed by atoms with Gasteiger partial charge in [0.2, 0.25) is 0 Å². The molecule has 1 aromatic heterocycles. The Morgan fingerprint density at radius 1 is 1.35 bits per heavy atom. The summed E-state index contributed by atoms with van der Waals surface area (Å²) in [5.74, 6) is 0. The highest BCUT2D eigenvalue weighted by molar-refractivity contribution is 7.11. The molecule has 0 radical (unpaired) electrons. The first-order chi connectivity index (χ1) is 7.92. The zero-order valence-electron chi connectivity index (χ0n) is 11.6. The molecule has 0 aliphatic carbocycles. The lowest BCUT2D eigenvalue weighted by atomic mass is 10.1. The molecule has 0 saturated heterocycles. The van der Waals surface area contributed by atoms with Crippen molar-refractivity contribution in [2.75, 3.05) is 13.1 Å². The number of nitrogens with one attached hydrogen (secondary N) is 2. The number of nitrogens with zero attached hydrogens (tertiary/aromatic N) is 1. The SMILES string of the molecule is CCc1cnc(C(C)NCCNC(C)(C)C)s1. The molecule has 1 atom stereocenters. The summed E-state index contributed by atoms with van der Waals surface area (Å²) in [4.78, 5) is 5.81. The first kappa shape index (κ1) is 14.6. The molecule has 1 unspecified atom stereocenters.